The van der Waals surface area contributed by atoms with Crippen LogP contribution in [0.2, 0.25) is 5.02 Å². The zero-order valence-corrected chi connectivity index (χ0v) is 24.2. The number of ether oxygens (including phenoxy) is 1. The van der Waals surface area contributed by atoms with E-state index in [-0.39, 0.29) is 24.4 Å². The van der Waals surface area contributed by atoms with E-state index in [1.807, 2.05) is 6.92 Å². The van der Waals surface area contributed by atoms with Gasteiger partial charge in [0.1, 0.15) is 12.6 Å². The molecule has 12 heteroatoms. The third kappa shape index (κ3) is 12.0. The van der Waals surface area contributed by atoms with Crippen molar-refractivity contribution in [3.8, 4) is 0 Å². The van der Waals surface area contributed by atoms with Gasteiger partial charge in [0.25, 0.3) is 5.69 Å². The first-order chi connectivity index (χ1) is 18.2. The van der Waals surface area contributed by atoms with Gasteiger partial charge in [-0.3, -0.25) is 14.9 Å². The highest BCUT2D eigenvalue weighted by Gasteiger charge is 2.27. The number of aliphatic hydroxyl groups is 1. The highest BCUT2D eigenvalue weighted by molar-refractivity contribution is 6.67. The molecular formula is C27H28Cl4N2O6. The molecular weight excluding hydrogens is 590 g/mol. The third-order valence-corrected chi connectivity index (χ3v) is 6.34. The minimum Gasteiger partial charge on any atom is -0.460 e. The van der Waals surface area contributed by atoms with Crippen LogP contribution < -0.4 is 5.32 Å². The molecule has 0 bridgehead atoms. The molecule has 2 rings (SSSR count). The maximum Gasteiger partial charge on any atom is 0.329 e. The Balaban J connectivity index is 1.98. The summed E-state index contributed by atoms with van der Waals surface area (Å²) in [5, 5.41) is 24.3. The molecule has 0 heterocycles. The number of carbonyl (C=O) groups excluding carboxylic acids is 2. The van der Waals surface area contributed by atoms with Gasteiger partial charge in [-0.05, 0) is 54.3 Å². The lowest BCUT2D eigenvalue weighted by molar-refractivity contribution is -0.384. The van der Waals surface area contributed by atoms with Gasteiger partial charge in [-0.15, -0.1) is 0 Å². The smallest absolute Gasteiger partial charge is 0.329 e. The Morgan fingerprint density at radius 3 is 2.44 bits per heavy atom. The molecule has 2 N–H and O–H groups in total. The van der Waals surface area contributed by atoms with Crippen LogP contribution in [0.5, 0.6) is 0 Å². The van der Waals surface area contributed by atoms with E-state index in [0.717, 1.165) is 11.1 Å². The molecule has 1 amide bonds. The van der Waals surface area contributed by atoms with Crippen LogP contribution in [0.1, 0.15) is 30.0 Å². The number of carbonyl (C=O) groups is 2. The second kappa shape index (κ2) is 15.2. The van der Waals surface area contributed by atoms with Crippen LogP contribution in [0.15, 0.2) is 60.7 Å². The Morgan fingerprint density at radius 2 is 1.85 bits per heavy atom. The molecule has 2 aromatic carbocycles. The summed E-state index contributed by atoms with van der Waals surface area (Å²) in [7, 11) is 0. The zero-order valence-electron chi connectivity index (χ0n) is 21.2. The first-order valence-electron chi connectivity index (χ1n) is 11.8. The van der Waals surface area contributed by atoms with E-state index in [1.54, 1.807) is 49.4 Å². The van der Waals surface area contributed by atoms with E-state index in [1.165, 1.54) is 24.3 Å². The predicted molar refractivity (Wildman–Crippen MR) is 154 cm³/mol. The van der Waals surface area contributed by atoms with Crippen LogP contribution in [0.4, 0.5) is 5.69 Å². The predicted octanol–water partition coefficient (Wildman–Crippen LogP) is 6.15. The third-order valence-electron chi connectivity index (χ3n) is 5.61. The number of esters is 1. The van der Waals surface area contributed by atoms with Crippen molar-refractivity contribution in [3.63, 3.8) is 0 Å². The summed E-state index contributed by atoms with van der Waals surface area (Å²) < 4.78 is 3.26. The van der Waals surface area contributed by atoms with Crippen LogP contribution in [-0.2, 0) is 20.7 Å². The number of non-ortho nitro benzene ring substituents is 1. The van der Waals surface area contributed by atoms with Crippen LogP contribution in [-0.4, -0.2) is 44.5 Å². The van der Waals surface area contributed by atoms with Gasteiger partial charge in [-0.25, -0.2) is 4.79 Å². The number of hydrogen-bond acceptors (Lipinski definition) is 6. The second-order valence-corrected chi connectivity index (χ2v) is 11.8. The molecule has 8 nitrogen and oxygen atoms in total. The van der Waals surface area contributed by atoms with Gasteiger partial charge in [0.2, 0.25) is 9.70 Å². The summed E-state index contributed by atoms with van der Waals surface area (Å²) in [5.74, 6) is -1.64. The number of benzene rings is 2. The molecule has 0 saturated carbocycles. The van der Waals surface area contributed by atoms with Crippen molar-refractivity contribution < 1.29 is 24.4 Å². The number of hydrogen-bond donors (Lipinski definition) is 2. The maximum absolute atomic E-state index is 12.6. The molecule has 3 atom stereocenters. The first-order valence-corrected chi connectivity index (χ1v) is 13.3. The maximum atomic E-state index is 12.6. The normalized spacial score (nSPS) is 14.2. The Hall–Kier alpha value is -2.62. The molecule has 0 aliphatic carbocycles. The Bertz CT molecular complexity index is 1210. The summed E-state index contributed by atoms with van der Waals surface area (Å²) in [4.78, 5) is 35.5. The Morgan fingerprint density at radius 1 is 1.18 bits per heavy atom. The molecule has 0 aliphatic heterocycles. The second-order valence-electron chi connectivity index (χ2n) is 8.84. The van der Waals surface area contributed by atoms with Crippen molar-refractivity contribution >= 4 is 70.0 Å². The molecule has 0 aromatic heterocycles. The standard InChI is InChI=1S/C27H28Cl4N2O6/c1-17-6-9-20(14-22(17)28)15-23(26(36)39-16-27(29,30)31)32-25(35)5-3-4-24(34)18(2)7-8-19-10-12-21(13-11-19)33(37)38/h3,5-14,18,23-24,34H,4,15-16H2,1-2H3,(H,32,35)/b5-3+,8-7+/t18-,23-,24+/m1/s1. The minimum absolute atomic E-state index is 0.00734. The largest absolute Gasteiger partial charge is 0.460 e. The molecule has 0 fully saturated rings. The molecule has 0 saturated heterocycles. The number of halogens is 4. The first kappa shape index (κ1) is 32.6. The van der Waals surface area contributed by atoms with Crippen LogP contribution in [0.25, 0.3) is 6.08 Å². The number of alkyl halides is 3. The molecule has 2 aromatic rings. The molecule has 0 radical (unpaired) electrons. The number of nitrogens with zero attached hydrogens (tertiary/aromatic N) is 1. The van der Waals surface area contributed by atoms with Gasteiger partial charge < -0.3 is 15.2 Å². The number of rotatable bonds is 12. The summed E-state index contributed by atoms with van der Waals surface area (Å²) in [6.45, 7) is 3.14. The fourth-order valence-corrected chi connectivity index (χ4v) is 3.66. The average molecular weight is 618 g/mol. The fraction of sp³-hybridized carbons (Fsp3) is 0.333. The molecule has 210 valence electrons. The van der Waals surface area contributed by atoms with Crippen LogP contribution in [0.3, 0.4) is 0 Å². The van der Waals surface area contributed by atoms with Gasteiger partial charge in [0, 0.05) is 29.5 Å². The van der Waals surface area contributed by atoms with Crippen molar-refractivity contribution in [2.75, 3.05) is 6.61 Å². The molecule has 0 aliphatic rings. The minimum atomic E-state index is -1.81. The van der Waals surface area contributed by atoms with E-state index < -0.39 is 39.3 Å². The quantitative estimate of drug-likeness (QED) is 0.0969. The number of amides is 1. The van der Waals surface area contributed by atoms with E-state index in [0.29, 0.717) is 10.6 Å². The Kier molecular flexibility index (Phi) is 12.7. The van der Waals surface area contributed by atoms with Crippen molar-refractivity contribution in [3.05, 3.63) is 92.5 Å². The van der Waals surface area contributed by atoms with E-state index in [2.05, 4.69) is 5.32 Å². The van der Waals surface area contributed by atoms with Crippen LogP contribution >= 0.6 is 46.4 Å². The van der Waals surface area contributed by atoms with Crippen molar-refractivity contribution in [2.45, 2.75) is 42.6 Å². The van der Waals surface area contributed by atoms with Gasteiger partial charge in [0.05, 0.1) is 11.0 Å². The highest BCUT2D eigenvalue weighted by Crippen LogP contribution is 2.26. The lowest BCUT2D eigenvalue weighted by atomic mass is 10.00. The number of aryl methyl sites for hydroxylation is 1. The number of aliphatic hydroxyl groups excluding tert-OH is 1. The summed E-state index contributed by atoms with van der Waals surface area (Å²) in [6.07, 6.45) is 5.67. The fourth-order valence-electron chi connectivity index (χ4n) is 3.29. The van der Waals surface area contributed by atoms with E-state index in [4.69, 9.17) is 51.1 Å². The topological polar surface area (TPSA) is 119 Å². The van der Waals surface area contributed by atoms with Gasteiger partial charge in [0.15, 0.2) is 0 Å². The van der Waals surface area contributed by atoms with Crippen molar-refractivity contribution in [1.29, 1.82) is 0 Å². The summed E-state index contributed by atoms with van der Waals surface area (Å²) in [5.41, 5.74) is 2.29. The lowest BCUT2D eigenvalue weighted by Crippen LogP contribution is -2.43. The van der Waals surface area contributed by atoms with Crippen LogP contribution in [0, 0.1) is 23.0 Å². The number of nitro groups is 1. The average Bonchev–Trinajstić information content (AvgIpc) is 2.87. The highest BCUT2D eigenvalue weighted by atomic mass is 35.6. The van der Waals surface area contributed by atoms with Gasteiger partial charge >= 0.3 is 5.97 Å². The molecule has 0 unspecified atom stereocenters. The SMILES string of the molecule is Cc1ccc(C[C@@H](NC(=O)/C=C/C[C@H](O)[C@H](C)/C=C/c2ccc([N+](=O)[O-])cc2)C(=O)OCC(Cl)(Cl)Cl)cc1Cl. The summed E-state index contributed by atoms with van der Waals surface area (Å²) >= 11 is 23.2. The zero-order chi connectivity index (χ0) is 29.2. The van der Waals surface area contributed by atoms with Crippen molar-refractivity contribution in [2.24, 2.45) is 5.92 Å². The monoisotopic (exact) mass is 616 g/mol. The molecule has 0 spiro atoms. The Labute approximate surface area is 246 Å². The van der Waals surface area contributed by atoms with Crippen molar-refractivity contribution in [1.82, 2.24) is 5.32 Å². The molecule has 39 heavy (non-hydrogen) atoms. The van der Waals surface area contributed by atoms with E-state index in [9.17, 15) is 24.8 Å². The number of nitro benzene ring substituents is 1. The van der Waals surface area contributed by atoms with Gasteiger partial charge in [-0.2, -0.15) is 0 Å². The number of nitrogens with one attached hydrogen (secondary N) is 1. The van der Waals surface area contributed by atoms with E-state index >= 15 is 0 Å². The summed E-state index contributed by atoms with van der Waals surface area (Å²) in [6, 6.07) is 10.2. The lowest BCUT2D eigenvalue weighted by Gasteiger charge is -2.19. The van der Waals surface area contributed by atoms with Gasteiger partial charge in [-0.1, -0.05) is 83.7 Å².